The van der Waals surface area contributed by atoms with E-state index in [1.165, 1.54) is 14.0 Å². The number of nitrogens with one attached hydrogen (secondary N) is 1. The van der Waals surface area contributed by atoms with Crippen LogP contribution in [0.3, 0.4) is 0 Å². The zero-order chi connectivity index (χ0) is 30.1. The van der Waals surface area contributed by atoms with Crippen molar-refractivity contribution in [3.8, 4) is 0 Å². The topological polar surface area (TPSA) is 92.3 Å². The van der Waals surface area contributed by atoms with Crippen molar-refractivity contribution < 1.29 is 33.3 Å². The molecule has 1 aliphatic heterocycles. The summed E-state index contributed by atoms with van der Waals surface area (Å²) in [6.45, 7) is 2.74. The number of ether oxygens (including phenoxy) is 5. The molecule has 1 amide bonds. The molecule has 6 atom stereocenters. The van der Waals surface area contributed by atoms with Gasteiger partial charge in [-0.1, -0.05) is 91.0 Å². The Morgan fingerprint density at radius 2 is 1.35 bits per heavy atom. The van der Waals surface area contributed by atoms with E-state index in [0.717, 1.165) is 23.1 Å². The fraction of sp³-hybridized carbons (Fsp3) is 0.429. The Labute approximate surface area is 253 Å². The maximum Gasteiger partial charge on any atom is 0.334 e. The number of esters is 1. The number of carbonyl (C=O) groups excluding carboxylic acids is 2. The van der Waals surface area contributed by atoms with Crippen LogP contribution in [-0.4, -0.2) is 55.5 Å². The van der Waals surface area contributed by atoms with E-state index >= 15 is 0 Å². The average molecular weight is 588 g/mol. The molecule has 0 aromatic heterocycles. The quantitative estimate of drug-likeness (QED) is 0.299. The van der Waals surface area contributed by atoms with Crippen molar-refractivity contribution in [1.82, 2.24) is 5.32 Å². The summed E-state index contributed by atoms with van der Waals surface area (Å²) in [7, 11) is 1.34. The lowest BCUT2D eigenvalue weighted by Crippen LogP contribution is -2.72. The molecule has 0 bridgehead atoms. The van der Waals surface area contributed by atoms with Crippen LogP contribution in [0.2, 0.25) is 0 Å². The highest BCUT2D eigenvalue weighted by Gasteiger charge is 2.60. The third kappa shape index (κ3) is 7.51. The Bertz CT molecular complexity index is 1310. The first-order chi connectivity index (χ1) is 21.0. The zero-order valence-corrected chi connectivity index (χ0v) is 24.9. The van der Waals surface area contributed by atoms with Gasteiger partial charge in [0.1, 0.15) is 12.2 Å². The van der Waals surface area contributed by atoms with Gasteiger partial charge in [-0.3, -0.25) is 4.79 Å². The minimum Gasteiger partial charge on any atom is -0.467 e. The third-order valence-electron chi connectivity index (χ3n) is 8.33. The van der Waals surface area contributed by atoms with Gasteiger partial charge < -0.3 is 29.0 Å². The number of carbonyl (C=O) groups is 2. The molecule has 8 heteroatoms. The molecule has 3 aromatic rings. The molecule has 3 aromatic carbocycles. The normalized spacial score (nSPS) is 26.7. The number of hydrogen-bond donors (Lipinski definition) is 1. The Kier molecular flexibility index (Phi) is 10.6. The number of benzene rings is 3. The van der Waals surface area contributed by atoms with Crippen molar-refractivity contribution in [3.05, 3.63) is 108 Å². The summed E-state index contributed by atoms with van der Waals surface area (Å²) in [6, 6.07) is 29.9. The second kappa shape index (κ2) is 14.8. The first-order valence-electron chi connectivity index (χ1n) is 15.0. The van der Waals surface area contributed by atoms with Gasteiger partial charge in [-0.2, -0.15) is 0 Å². The molecule has 2 fully saturated rings. The van der Waals surface area contributed by atoms with E-state index in [1.54, 1.807) is 0 Å². The number of fused-ring (bicyclic) bond motifs is 1. The standard InChI is InChI=1S/C35H41NO7/c1-25(37)36-35(34(38)39-2)20-12-19-29-31(41-22-27-15-8-4-9-16-27)32(42-23-28-17-10-5-11-18-28)30(43-33(29)35)24-40-21-26-13-6-3-7-14-26/h3-11,13-18,29-33H,12,19-24H2,1-2H3,(H,36,37)/t29-,30+,31+,32+,33-,35+/m0/s1. The van der Waals surface area contributed by atoms with Gasteiger partial charge in [-0.25, -0.2) is 4.79 Å². The molecular formula is C35H41NO7. The second-order valence-corrected chi connectivity index (χ2v) is 11.3. The first-order valence-corrected chi connectivity index (χ1v) is 15.0. The SMILES string of the molecule is COC(=O)[C@@]1(NC(C)=O)CCC[C@H]2[C@@H](OCc3ccccc3)[C@H](OCc3ccccc3)[C@@H](COCc3ccccc3)O[C@@H]21. The maximum atomic E-state index is 13.4. The van der Waals surface area contributed by atoms with E-state index in [2.05, 4.69) is 5.32 Å². The Morgan fingerprint density at radius 1 is 0.814 bits per heavy atom. The van der Waals surface area contributed by atoms with Crippen LogP contribution in [0.15, 0.2) is 91.0 Å². The van der Waals surface area contributed by atoms with Crippen LogP contribution in [0, 0.1) is 5.92 Å². The van der Waals surface area contributed by atoms with Crippen LogP contribution in [0.1, 0.15) is 42.9 Å². The average Bonchev–Trinajstić information content (AvgIpc) is 3.04. The van der Waals surface area contributed by atoms with Gasteiger partial charge >= 0.3 is 5.97 Å². The highest BCUT2D eigenvalue weighted by Crippen LogP contribution is 2.45. The summed E-state index contributed by atoms with van der Waals surface area (Å²) in [5.41, 5.74) is 1.75. The van der Waals surface area contributed by atoms with Gasteiger partial charge in [0.05, 0.1) is 45.7 Å². The maximum absolute atomic E-state index is 13.4. The van der Waals surface area contributed by atoms with Crippen molar-refractivity contribution in [3.63, 3.8) is 0 Å². The van der Waals surface area contributed by atoms with Crippen LogP contribution >= 0.6 is 0 Å². The fourth-order valence-corrected chi connectivity index (χ4v) is 6.40. The molecule has 2 aliphatic rings. The van der Waals surface area contributed by atoms with Crippen molar-refractivity contribution in [2.75, 3.05) is 13.7 Å². The Morgan fingerprint density at radius 3 is 1.88 bits per heavy atom. The molecule has 43 heavy (non-hydrogen) atoms. The van der Waals surface area contributed by atoms with Crippen molar-refractivity contribution >= 4 is 11.9 Å². The summed E-state index contributed by atoms with van der Waals surface area (Å²) < 4.78 is 31.6. The van der Waals surface area contributed by atoms with Crippen molar-refractivity contribution in [2.45, 2.75) is 76.0 Å². The molecule has 228 valence electrons. The molecule has 0 spiro atoms. The smallest absolute Gasteiger partial charge is 0.334 e. The molecule has 1 saturated carbocycles. The molecule has 0 radical (unpaired) electrons. The second-order valence-electron chi connectivity index (χ2n) is 11.3. The van der Waals surface area contributed by atoms with E-state index in [-0.39, 0.29) is 18.4 Å². The van der Waals surface area contributed by atoms with Crippen molar-refractivity contribution in [2.24, 2.45) is 5.92 Å². The fourth-order valence-electron chi connectivity index (χ4n) is 6.40. The summed E-state index contributed by atoms with van der Waals surface area (Å²) in [6.07, 6.45) is -0.376. The first kappa shape index (κ1) is 30.9. The predicted molar refractivity (Wildman–Crippen MR) is 161 cm³/mol. The summed E-state index contributed by atoms with van der Waals surface area (Å²) in [5.74, 6) is -1.09. The lowest BCUT2D eigenvalue weighted by molar-refractivity contribution is -0.267. The Hall–Kier alpha value is -3.56. The van der Waals surface area contributed by atoms with Crippen molar-refractivity contribution in [1.29, 1.82) is 0 Å². The van der Waals surface area contributed by atoms with Crippen LogP contribution in [0.4, 0.5) is 0 Å². The number of rotatable bonds is 12. The minimum absolute atomic E-state index is 0.208. The zero-order valence-electron chi connectivity index (χ0n) is 24.9. The molecule has 1 heterocycles. The molecule has 1 N–H and O–H groups in total. The highest BCUT2D eigenvalue weighted by atomic mass is 16.6. The monoisotopic (exact) mass is 587 g/mol. The molecule has 1 saturated heterocycles. The number of amides is 1. The van der Waals surface area contributed by atoms with E-state index in [4.69, 9.17) is 23.7 Å². The van der Waals surface area contributed by atoms with Gasteiger partial charge in [0.25, 0.3) is 0 Å². The van der Waals surface area contributed by atoms with Gasteiger partial charge in [-0.05, 0) is 36.0 Å². The Balaban J connectivity index is 1.48. The van der Waals surface area contributed by atoms with Gasteiger partial charge in [0, 0.05) is 12.8 Å². The lowest BCUT2D eigenvalue weighted by atomic mass is 9.68. The minimum atomic E-state index is -1.35. The third-order valence-corrected chi connectivity index (χ3v) is 8.33. The van der Waals surface area contributed by atoms with Gasteiger partial charge in [0.2, 0.25) is 5.91 Å². The van der Waals surface area contributed by atoms with E-state index in [0.29, 0.717) is 32.7 Å². The number of hydrogen-bond acceptors (Lipinski definition) is 7. The summed E-state index contributed by atoms with van der Waals surface area (Å²) in [4.78, 5) is 25.9. The molecule has 0 unspecified atom stereocenters. The van der Waals surface area contributed by atoms with E-state index in [1.807, 2.05) is 91.0 Å². The lowest BCUT2D eigenvalue weighted by Gasteiger charge is -2.54. The molecular weight excluding hydrogens is 546 g/mol. The van der Waals surface area contributed by atoms with Crippen LogP contribution in [0.5, 0.6) is 0 Å². The largest absolute Gasteiger partial charge is 0.467 e. The van der Waals surface area contributed by atoms with E-state index in [9.17, 15) is 9.59 Å². The van der Waals surface area contributed by atoms with Gasteiger partial charge in [0.15, 0.2) is 5.54 Å². The summed E-state index contributed by atoms with van der Waals surface area (Å²) in [5, 5.41) is 2.94. The predicted octanol–water partition coefficient (Wildman–Crippen LogP) is 4.99. The number of methoxy groups -OCH3 is 1. The highest BCUT2D eigenvalue weighted by molar-refractivity contribution is 5.88. The molecule has 5 rings (SSSR count). The van der Waals surface area contributed by atoms with Crippen LogP contribution < -0.4 is 5.32 Å². The molecule has 1 aliphatic carbocycles. The van der Waals surface area contributed by atoms with Crippen LogP contribution in [-0.2, 0) is 53.1 Å². The van der Waals surface area contributed by atoms with E-state index < -0.39 is 35.9 Å². The van der Waals surface area contributed by atoms with Crippen LogP contribution in [0.25, 0.3) is 0 Å². The summed E-state index contributed by atoms with van der Waals surface area (Å²) >= 11 is 0. The van der Waals surface area contributed by atoms with Gasteiger partial charge in [-0.15, -0.1) is 0 Å². The molecule has 8 nitrogen and oxygen atoms in total.